The van der Waals surface area contributed by atoms with Gasteiger partial charge in [-0.3, -0.25) is 4.79 Å². The monoisotopic (exact) mass is 452 g/mol. The number of carboxylic acid groups (broad SMARTS) is 1. The molecular formula is C16H16Na3O9P. The fourth-order valence-corrected chi connectivity index (χ4v) is 1.96. The van der Waals surface area contributed by atoms with Gasteiger partial charge in [0.1, 0.15) is 28.2 Å². The Bertz CT molecular complexity index is 976. The molecule has 0 aliphatic carbocycles. The number of hydrogen-bond donors (Lipinski definition) is 2. The van der Waals surface area contributed by atoms with Crippen molar-refractivity contribution < 1.29 is 128 Å². The van der Waals surface area contributed by atoms with Crippen molar-refractivity contribution in [2.24, 2.45) is 0 Å². The Morgan fingerprint density at radius 1 is 1.17 bits per heavy atom. The van der Waals surface area contributed by atoms with E-state index in [0.717, 1.165) is 5.57 Å². The van der Waals surface area contributed by atoms with Crippen molar-refractivity contribution >= 4 is 24.3 Å². The number of phenolic OH excluding ortho intramolecular Hbond substituents is 2. The van der Waals surface area contributed by atoms with Crippen LogP contribution < -0.4 is 109 Å². The number of carbonyl (C=O) groups excluding carboxylic acids is 1. The van der Waals surface area contributed by atoms with Crippen molar-refractivity contribution in [3.63, 3.8) is 0 Å². The molecule has 2 rings (SSSR count). The minimum atomic E-state index is -5.43. The number of rotatable bonds is 3. The van der Waals surface area contributed by atoms with Gasteiger partial charge in [0.25, 0.3) is 0 Å². The van der Waals surface area contributed by atoms with Crippen LogP contribution in [0, 0.1) is 6.92 Å². The zero-order valence-corrected chi connectivity index (χ0v) is 24.0. The topological polar surface area (TPSA) is 174 Å². The molecule has 1 aromatic heterocycles. The predicted octanol–water partition coefficient (Wildman–Crippen LogP) is -8.72. The maximum absolute atomic E-state index is 11.9. The maximum atomic E-state index is 11.9. The van der Waals surface area contributed by atoms with Crippen LogP contribution in [0.25, 0.3) is 11.0 Å². The van der Waals surface area contributed by atoms with Crippen LogP contribution >= 0.6 is 7.60 Å². The van der Waals surface area contributed by atoms with Gasteiger partial charge in [-0.2, -0.15) is 0 Å². The Morgan fingerprint density at radius 3 is 2.07 bits per heavy atom. The Hall–Kier alpha value is 0.390. The number of fused-ring (bicyclic) bond motifs is 1. The summed E-state index contributed by atoms with van der Waals surface area (Å²) in [6.07, 6.45) is 2.24. The van der Waals surface area contributed by atoms with Crippen LogP contribution in [0.1, 0.15) is 25.2 Å². The first-order chi connectivity index (χ1) is 11.8. The van der Waals surface area contributed by atoms with Gasteiger partial charge < -0.3 is 38.9 Å². The van der Waals surface area contributed by atoms with Crippen LogP contribution in [0.3, 0.4) is 0 Å². The first kappa shape index (κ1) is 34.0. The normalized spacial score (nSPS) is 9.69. The fraction of sp³-hybridized carbons (Fsp3) is 0.250. The molecule has 0 spiro atoms. The molecule has 9 nitrogen and oxygen atoms in total. The van der Waals surface area contributed by atoms with Crippen molar-refractivity contribution in [2.45, 2.75) is 27.2 Å². The second kappa shape index (κ2) is 14.5. The van der Waals surface area contributed by atoms with E-state index in [-0.39, 0.29) is 117 Å². The number of aryl methyl sites for hydroxylation is 1. The van der Waals surface area contributed by atoms with E-state index in [2.05, 4.69) is 0 Å². The molecule has 142 valence electrons. The Balaban J connectivity index is -0.000000591. The minimum absolute atomic E-state index is 0. The Kier molecular flexibility index (Phi) is 16.9. The third kappa shape index (κ3) is 10.5. The molecule has 13 heteroatoms. The van der Waals surface area contributed by atoms with Gasteiger partial charge in [-0.25, -0.2) is 0 Å². The number of hydrogen-bond acceptors (Lipinski definition) is 9. The fourth-order valence-electron chi connectivity index (χ4n) is 1.96. The van der Waals surface area contributed by atoms with Crippen LogP contribution in [0.4, 0.5) is 4.79 Å². The van der Waals surface area contributed by atoms with Gasteiger partial charge in [0.15, 0.2) is 5.43 Å². The summed E-state index contributed by atoms with van der Waals surface area (Å²) in [4.78, 5) is 39.2. The smallest absolute Gasteiger partial charge is 0.807 e. The second-order valence-corrected chi connectivity index (χ2v) is 6.93. The summed E-state index contributed by atoms with van der Waals surface area (Å²) in [6.45, 7) is 5.49. The minimum Gasteiger partial charge on any atom is -0.807 e. The van der Waals surface area contributed by atoms with Crippen molar-refractivity contribution in [1.29, 1.82) is 0 Å². The molecule has 0 radical (unpaired) electrons. The number of phenols is 2. The van der Waals surface area contributed by atoms with Gasteiger partial charge in [-0.05, 0) is 34.8 Å². The molecule has 0 bridgehead atoms. The van der Waals surface area contributed by atoms with Crippen LogP contribution in [0.15, 0.2) is 33.0 Å². The number of benzene rings is 1. The molecule has 0 unspecified atom stereocenters. The first-order valence-electron chi connectivity index (χ1n) is 7.19. The van der Waals surface area contributed by atoms with Gasteiger partial charge >= 0.3 is 88.7 Å². The predicted molar refractivity (Wildman–Crippen MR) is 86.7 cm³/mol. The van der Waals surface area contributed by atoms with Gasteiger partial charge in [-0.15, -0.1) is 0 Å². The van der Waals surface area contributed by atoms with Gasteiger partial charge in [-0.1, -0.05) is 11.6 Å². The molecule has 0 atom stereocenters. The molecule has 29 heavy (non-hydrogen) atoms. The standard InChI is InChI=1S/C15H16O4.CH3O5P.3Na/c1-8(2)4-5-10-11(16)7-13-14(15(10)18)12(17)6-9(3)19-13;2-1(3)7(4,5)6;;;/h4,6-7,16,18H,5H2,1-3H3;(H,2,3)(H2,4,5,6);;;/q;;3*+1/p-3. The van der Waals surface area contributed by atoms with E-state index in [9.17, 15) is 15.0 Å². The molecule has 2 N–H and O–H groups in total. The van der Waals surface area contributed by atoms with Crippen LogP contribution in [-0.2, 0) is 11.0 Å². The number of aromatic hydroxyl groups is 2. The van der Waals surface area contributed by atoms with Crippen LogP contribution in [-0.4, -0.2) is 15.9 Å². The van der Waals surface area contributed by atoms with Gasteiger partial charge in [0.05, 0.1) is 5.71 Å². The SMILES string of the molecule is CC(C)=CCc1c(O)cc2oc(C)cc(=O)c2c1O.O=C([O-])P(=O)([O-])[O-].[Na+].[Na+].[Na+]. The summed E-state index contributed by atoms with van der Waals surface area (Å²) in [6, 6.07) is 2.70. The third-order valence-corrected chi connectivity index (χ3v) is 3.58. The maximum Gasteiger partial charge on any atom is 1.00 e. The molecular weight excluding hydrogens is 436 g/mol. The van der Waals surface area contributed by atoms with E-state index in [1.807, 2.05) is 19.9 Å². The molecule has 0 aliphatic rings. The molecule has 0 aliphatic heterocycles. The van der Waals surface area contributed by atoms with Gasteiger partial charge in [0.2, 0.25) is 0 Å². The van der Waals surface area contributed by atoms with E-state index < -0.39 is 13.3 Å². The van der Waals surface area contributed by atoms with Crippen LogP contribution in [0.5, 0.6) is 11.5 Å². The average Bonchev–Trinajstić information content (AvgIpc) is 2.44. The zero-order valence-electron chi connectivity index (χ0n) is 17.1. The summed E-state index contributed by atoms with van der Waals surface area (Å²) < 4.78 is 14.5. The molecule has 0 fully saturated rings. The summed E-state index contributed by atoms with van der Waals surface area (Å²) in [5.74, 6) is 0.158. The Labute approximate surface area is 233 Å². The second-order valence-electron chi connectivity index (χ2n) is 5.57. The zero-order chi connectivity index (χ0) is 20.2. The van der Waals surface area contributed by atoms with E-state index >= 15 is 0 Å². The van der Waals surface area contributed by atoms with E-state index in [1.165, 1.54) is 12.1 Å². The van der Waals surface area contributed by atoms with E-state index in [0.29, 0.717) is 17.7 Å². The van der Waals surface area contributed by atoms with E-state index in [1.54, 1.807) is 6.92 Å². The number of allylic oxidation sites excluding steroid dienone is 2. The molecule has 1 heterocycles. The molecule has 0 saturated carbocycles. The summed E-state index contributed by atoms with van der Waals surface area (Å²) in [7, 11) is -5.43. The van der Waals surface area contributed by atoms with Crippen molar-refractivity contribution in [1.82, 2.24) is 0 Å². The molecule has 1 aromatic carbocycles. The van der Waals surface area contributed by atoms with Crippen molar-refractivity contribution in [2.75, 3.05) is 0 Å². The first-order valence-corrected chi connectivity index (χ1v) is 8.74. The molecule has 2 aromatic rings. The Morgan fingerprint density at radius 2 is 1.66 bits per heavy atom. The summed E-state index contributed by atoms with van der Waals surface area (Å²) in [5.41, 5.74) is -1.28. The molecule has 0 saturated heterocycles. The quantitative estimate of drug-likeness (QED) is 0.260. The van der Waals surface area contributed by atoms with Crippen molar-refractivity contribution in [3.8, 4) is 11.5 Å². The van der Waals surface area contributed by atoms with Crippen LogP contribution in [0.2, 0.25) is 0 Å². The number of carbonyl (C=O) groups is 1. The van der Waals surface area contributed by atoms with Crippen molar-refractivity contribution in [3.05, 3.63) is 45.3 Å². The largest absolute Gasteiger partial charge is 1.00 e. The summed E-state index contributed by atoms with van der Waals surface area (Å²) >= 11 is 0. The molecule has 0 amide bonds. The summed E-state index contributed by atoms with van der Waals surface area (Å²) in [5, 5.41) is 29.2. The average molecular weight is 452 g/mol. The van der Waals surface area contributed by atoms with Gasteiger partial charge in [0, 0.05) is 17.7 Å². The third-order valence-electron chi connectivity index (χ3n) is 3.14. The van der Waals surface area contributed by atoms with E-state index in [4.69, 9.17) is 28.7 Å².